The van der Waals surface area contributed by atoms with Crippen LogP contribution in [-0.4, -0.2) is 11.9 Å². The van der Waals surface area contributed by atoms with Gasteiger partial charge in [0.1, 0.15) is 0 Å². The van der Waals surface area contributed by atoms with Gasteiger partial charge >= 0.3 is 0 Å². The van der Waals surface area contributed by atoms with Crippen molar-refractivity contribution < 1.29 is 4.79 Å². The molecule has 16 heavy (non-hydrogen) atoms. The topological polar surface area (TPSA) is 55.1 Å². The largest absolute Gasteiger partial charge is 0.368 e. The SMILES string of the molecule is Cc1ccc2c(c1)C(NC(C)C(N)=O)CC2. The molecule has 0 bridgehead atoms. The smallest absolute Gasteiger partial charge is 0.234 e. The van der Waals surface area contributed by atoms with Gasteiger partial charge in [-0.2, -0.15) is 0 Å². The summed E-state index contributed by atoms with van der Waals surface area (Å²) < 4.78 is 0. The van der Waals surface area contributed by atoms with E-state index in [9.17, 15) is 4.79 Å². The summed E-state index contributed by atoms with van der Waals surface area (Å²) in [7, 11) is 0. The molecule has 3 N–H and O–H groups in total. The number of fused-ring (bicyclic) bond motifs is 1. The lowest BCUT2D eigenvalue weighted by atomic mass is 10.0. The van der Waals surface area contributed by atoms with Gasteiger partial charge in [-0.3, -0.25) is 10.1 Å². The number of amides is 1. The predicted molar refractivity (Wildman–Crippen MR) is 64.0 cm³/mol. The summed E-state index contributed by atoms with van der Waals surface area (Å²) in [5, 5.41) is 3.29. The molecule has 0 saturated heterocycles. The lowest BCUT2D eigenvalue weighted by Crippen LogP contribution is -2.40. The van der Waals surface area contributed by atoms with Crippen LogP contribution in [0.25, 0.3) is 0 Å². The number of hydrogen-bond donors (Lipinski definition) is 2. The highest BCUT2D eigenvalue weighted by molar-refractivity contribution is 5.79. The summed E-state index contributed by atoms with van der Waals surface area (Å²) in [4.78, 5) is 11.0. The molecule has 0 spiro atoms. The summed E-state index contributed by atoms with van der Waals surface area (Å²) in [5.74, 6) is -0.291. The van der Waals surface area contributed by atoms with Gasteiger partial charge < -0.3 is 5.73 Å². The van der Waals surface area contributed by atoms with Crippen LogP contribution in [0.3, 0.4) is 0 Å². The fourth-order valence-corrected chi connectivity index (χ4v) is 2.28. The van der Waals surface area contributed by atoms with Crippen molar-refractivity contribution in [2.75, 3.05) is 0 Å². The second-order valence-electron chi connectivity index (χ2n) is 4.58. The van der Waals surface area contributed by atoms with Crippen LogP contribution in [0.4, 0.5) is 0 Å². The molecule has 1 aromatic carbocycles. The first-order chi connectivity index (χ1) is 7.58. The summed E-state index contributed by atoms with van der Waals surface area (Å²) in [6.07, 6.45) is 2.13. The van der Waals surface area contributed by atoms with E-state index >= 15 is 0 Å². The number of carbonyl (C=O) groups excluding carboxylic acids is 1. The van der Waals surface area contributed by atoms with Gasteiger partial charge in [-0.1, -0.05) is 23.8 Å². The molecular formula is C13H18N2O. The van der Waals surface area contributed by atoms with Gasteiger partial charge in [-0.25, -0.2) is 0 Å². The van der Waals surface area contributed by atoms with Gasteiger partial charge in [0.2, 0.25) is 5.91 Å². The van der Waals surface area contributed by atoms with E-state index in [4.69, 9.17) is 5.73 Å². The first kappa shape index (κ1) is 11.1. The van der Waals surface area contributed by atoms with Gasteiger partial charge in [0, 0.05) is 6.04 Å². The molecule has 0 radical (unpaired) electrons. The Hall–Kier alpha value is -1.35. The molecular weight excluding hydrogens is 200 g/mol. The van der Waals surface area contributed by atoms with Gasteiger partial charge in [-0.05, 0) is 37.8 Å². The average molecular weight is 218 g/mol. The molecule has 3 nitrogen and oxygen atoms in total. The Balaban J connectivity index is 2.17. The standard InChI is InChI=1S/C13H18N2O/c1-8-3-4-10-5-6-12(11(10)7-8)15-9(2)13(14)16/h3-4,7,9,12,15H,5-6H2,1-2H3,(H2,14,16). The molecule has 0 saturated carbocycles. The van der Waals surface area contributed by atoms with Crippen LogP contribution in [0, 0.1) is 6.92 Å². The molecule has 2 rings (SSSR count). The van der Waals surface area contributed by atoms with Crippen LogP contribution >= 0.6 is 0 Å². The third-order valence-electron chi connectivity index (χ3n) is 3.26. The van der Waals surface area contributed by atoms with E-state index < -0.39 is 0 Å². The number of benzene rings is 1. The fourth-order valence-electron chi connectivity index (χ4n) is 2.28. The number of rotatable bonds is 3. The quantitative estimate of drug-likeness (QED) is 0.806. The van der Waals surface area contributed by atoms with E-state index in [0.717, 1.165) is 12.8 Å². The molecule has 1 aliphatic carbocycles. The third-order valence-corrected chi connectivity index (χ3v) is 3.26. The van der Waals surface area contributed by atoms with Crippen molar-refractivity contribution in [2.45, 2.75) is 38.8 Å². The zero-order valence-corrected chi connectivity index (χ0v) is 9.79. The molecule has 1 aliphatic rings. The molecule has 1 aromatic rings. The first-order valence-corrected chi connectivity index (χ1v) is 5.72. The minimum absolute atomic E-state index is 0.267. The number of aryl methyl sites for hydroxylation is 2. The van der Waals surface area contributed by atoms with Crippen LogP contribution < -0.4 is 11.1 Å². The molecule has 0 aromatic heterocycles. The molecule has 2 atom stereocenters. The van der Waals surface area contributed by atoms with Crippen molar-refractivity contribution in [3.05, 3.63) is 34.9 Å². The van der Waals surface area contributed by atoms with Crippen LogP contribution in [0.15, 0.2) is 18.2 Å². The summed E-state index contributed by atoms with van der Waals surface area (Å²) in [6.45, 7) is 3.91. The molecule has 86 valence electrons. The fraction of sp³-hybridized carbons (Fsp3) is 0.462. The van der Waals surface area contributed by atoms with Crippen molar-refractivity contribution in [3.63, 3.8) is 0 Å². The van der Waals surface area contributed by atoms with Crippen LogP contribution in [-0.2, 0) is 11.2 Å². The highest BCUT2D eigenvalue weighted by Gasteiger charge is 2.24. The minimum Gasteiger partial charge on any atom is -0.368 e. The minimum atomic E-state index is -0.291. The Morgan fingerprint density at radius 1 is 1.56 bits per heavy atom. The summed E-state index contributed by atoms with van der Waals surface area (Å²) in [6, 6.07) is 6.53. The Labute approximate surface area is 96.0 Å². The Bertz CT molecular complexity index is 414. The summed E-state index contributed by atoms with van der Waals surface area (Å²) >= 11 is 0. The molecule has 1 amide bonds. The number of hydrogen-bond acceptors (Lipinski definition) is 2. The van der Waals surface area contributed by atoms with Gasteiger partial charge in [0.15, 0.2) is 0 Å². The van der Waals surface area contributed by atoms with Crippen LogP contribution in [0.5, 0.6) is 0 Å². The van der Waals surface area contributed by atoms with Crippen molar-refractivity contribution in [3.8, 4) is 0 Å². The maximum atomic E-state index is 11.0. The van der Waals surface area contributed by atoms with Crippen LogP contribution in [0.2, 0.25) is 0 Å². The number of primary amides is 1. The Morgan fingerprint density at radius 2 is 2.31 bits per heavy atom. The zero-order chi connectivity index (χ0) is 11.7. The second-order valence-corrected chi connectivity index (χ2v) is 4.58. The zero-order valence-electron chi connectivity index (χ0n) is 9.79. The van der Waals surface area contributed by atoms with E-state index in [2.05, 4.69) is 30.4 Å². The predicted octanol–water partition coefficient (Wildman–Crippen LogP) is 1.45. The van der Waals surface area contributed by atoms with E-state index in [1.54, 1.807) is 0 Å². The normalized spacial score (nSPS) is 20.5. The lowest BCUT2D eigenvalue weighted by molar-refractivity contribution is -0.119. The number of nitrogens with one attached hydrogen (secondary N) is 1. The molecule has 0 fully saturated rings. The molecule has 0 aliphatic heterocycles. The molecule has 2 unspecified atom stereocenters. The molecule has 0 heterocycles. The Kier molecular flexibility index (Phi) is 2.97. The number of carbonyl (C=O) groups is 1. The van der Waals surface area contributed by atoms with Crippen LogP contribution in [0.1, 0.15) is 36.1 Å². The molecule has 3 heteroatoms. The van der Waals surface area contributed by atoms with E-state index in [0.29, 0.717) is 0 Å². The monoisotopic (exact) mass is 218 g/mol. The van der Waals surface area contributed by atoms with Gasteiger partial charge in [0.05, 0.1) is 6.04 Å². The number of nitrogens with two attached hydrogens (primary N) is 1. The maximum Gasteiger partial charge on any atom is 0.234 e. The first-order valence-electron chi connectivity index (χ1n) is 5.72. The average Bonchev–Trinajstić information content (AvgIpc) is 2.61. The third kappa shape index (κ3) is 2.09. The highest BCUT2D eigenvalue weighted by atomic mass is 16.1. The van der Waals surface area contributed by atoms with Crippen molar-refractivity contribution in [1.82, 2.24) is 5.32 Å². The van der Waals surface area contributed by atoms with Crippen molar-refractivity contribution >= 4 is 5.91 Å². The Morgan fingerprint density at radius 3 is 3.00 bits per heavy atom. The summed E-state index contributed by atoms with van der Waals surface area (Å²) in [5.41, 5.74) is 9.24. The van der Waals surface area contributed by atoms with E-state index in [1.807, 2.05) is 6.92 Å². The van der Waals surface area contributed by atoms with Crippen molar-refractivity contribution in [1.29, 1.82) is 0 Å². The van der Waals surface area contributed by atoms with Crippen molar-refractivity contribution in [2.24, 2.45) is 5.73 Å². The van der Waals surface area contributed by atoms with Gasteiger partial charge in [-0.15, -0.1) is 0 Å². The highest BCUT2D eigenvalue weighted by Crippen LogP contribution is 2.31. The van der Waals surface area contributed by atoms with Gasteiger partial charge in [0.25, 0.3) is 0 Å². The van der Waals surface area contributed by atoms with E-state index in [-0.39, 0.29) is 18.0 Å². The maximum absolute atomic E-state index is 11.0. The second kappa shape index (κ2) is 4.26. The van der Waals surface area contributed by atoms with E-state index in [1.165, 1.54) is 16.7 Å². The lowest BCUT2D eigenvalue weighted by Gasteiger charge is -2.18.